The minimum absolute atomic E-state index is 0.223. The Labute approximate surface area is 95.1 Å². The molecule has 16 heavy (non-hydrogen) atoms. The van der Waals surface area contributed by atoms with Crippen LogP contribution in [-0.2, 0) is 0 Å². The first-order chi connectivity index (χ1) is 7.60. The zero-order valence-electron chi connectivity index (χ0n) is 9.50. The fourth-order valence-electron chi connectivity index (χ4n) is 1.38. The standard InChI is InChI=1S/C12H15N3O/c1-3-4-15-12(16)10-6-9(7-13)5-8(2)11(10)14/h5-6H,3-4,14H2,1-2H3,(H,15,16). The number of aryl methyl sites for hydroxylation is 1. The number of amides is 1. The molecular formula is C12H15N3O. The van der Waals surface area contributed by atoms with Crippen molar-refractivity contribution in [3.8, 4) is 6.07 Å². The van der Waals surface area contributed by atoms with E-state index in [9.17, 15) is 4.79 Å². The molecule has 0 spiro atoms. The van der Waals surface area contributed by atoms with E-state index in [2.05, 4.69) is 5.32 Å². The molecule has 0 saturated carbocycles. The van der Waals surface area contributed by atoms with Gasteiger partial charge >= 0.3 is 0 Å². The maximum absolute atomic E-state index is 11.7. The van der Waals surface area contributed by atoms with Crippen LogP contribution in [0, 0.1) is 18.3 Å². The molecule has 0 aromatic heterocycles. The summed E-state index contributed by atoms with van der Waals surface area (Å²) in [5.74, 6) is -0.223. The summed E-state index contributed by atoms with van der Waals surface area (Å²) < 4.78 is 0. The summed E-state index contributed by atoms with van der Waals surface area (Å²) in [6, 6.07) is 5.20. The lowest BCUT2D eigenvalue weighted by molar-refractivity contribution is 0.0954. The maximum atomic E-state index is 11.7. The van der Waals surface area contributed by atoms with Gasteiger partial charge in [-0.3, -0.25) is 4.79 Å². The van der Waals surface area contributed by atoms with Crippen LogP contribution in [0.1, 0.15) is 34.8 Å². The Hall–Kier alpha value is -2.02. The number of hydrogen-bond acceptors (Lipinski definition) is 3. The molecule has 0 saturated heterocycles. The van der Waals surface area contributed by atoms with Gasteiger partial charge in [0.25, 0.3) is 5.91 Å². The summed E-state index contributed by atoms with van der Waals surface area (Å²) in [7, 11) is 0. The van der Waals surface area contributed by atoms with Crippen molar-refractivity contribution in [2.75, 3.05) is 12.3 Å². The van der Waals surface area contributed by atoms with Crippen molar-refractivity contribution in [1.29, 1.82) is 5.26 Å². The van der Waals surface area contributed by atoms with Gasteiger partial charge in [0.05, 0.1) is 17.2 Å². The Morgan fingerprint density at radius 3 is 2.81 bits per heavy atom. The molecule has 1 aromatic rings. The summed E-state index contributed by atoms with van der Waals surface area (Å²) in [5.41, 5.74) is 7.83. The highest BCUT2D eigenvalue weighted by Crippen LogP contribution is 2.19. The van der Waals surface area contributed by atoms with Gasteiger partial charge in [-0.25, -0.2) is 0 Å². The highest BCUT2D eigenvalue weighted by Gasteiger charge is 2.12. The van der Waals surface area contributed by atoms with Crippen LogP contribution < -0.4 is 11.1 Å². The topological polar surface area (TPSA) is 78.9 Å². The molecule has 0 unspecified atom stereocenters. The van der Waals surface area contributed by atoms with Gasteiger partial charge in [0.2, 0.25) is 0 Å². The maximum Gasteiger partial charge on any atom is 0.253 e. The predicted octanol–water partition coefficient (Wildman–Crippen LogP) is 1.59. The number of rotatable bonds is 3. The van der Waals surface area contributed by atoms with Crippen LogP contribution in [-0.4, -0.2) is 12.5 Å². The Morgan fingerprint density at radius 1 is 1.56 bits per heavy atom. The highest BCUT2D eigenvalue weighted by molar-refractivity contribution is 6.00. The van der Waals surface area contributed by atoms with E-state index in [1.165, 1.54) is 6.07 Å². The predicted molar refractivity (Wildman–Crippen MR) is 62.9 cm³/mol. The molecule has 0 fully saturated rings. The number of carbonyl (C=O) groups excluding carboxylic acids is 1. The van der Waals surface area contributed by atoms with Crippen molar-refractivity contribution in [3.05, 3.63) is 28.8 Å². The van der Waals surface area contributed by atoms with Gasteiger partial charge in [-0.1, -0.05) is 6.92 Å². The van der Waals surface area contributed by atoms with E-state index in [0.717, 1.165) is 12.0 Å². The van der Waals surface area contributed by atoms with Gasteiger partial charge in [-0.05, 0) is 31.0 Å². The lowest BCUT2D eigenvalue weighted by atomic mass is 10.0. The second-order valence-corrected chi connectivity index (χ2v) is 3.62. The van der Waals surface area contributed by atoms with Gasteiger partial charge in [0, 0.05) is 12.2 Å². The van der Waals surface area contributed by atoms with Gasteiger partial charge in [-0.15, -0.1) is 0 Å². The van der Waals surface area contributed by atoms with E-state index in [1.54, 1.807) is 13.0 Å². The molecular weight excluding hydrogens is 202 g/mol. The van der Waals surface area contributed by atoms with Crippen LogP contribution in [0.2, 0.25) is 0 Å². The van der Waals surface area contributed by atoms with E-state index in [-0.39, 0.29) is 5.91 Å². The largest absolute Gasteiger partial charge is 0.398 e. The Balaban J connectivity index is 3.08. The Morgan fingerprint density at radius 2 is 2.25 bits per heavy atom. The second kappa shape index (κ2) is 5.17. The number of anilines is 1. The number of nitrogens with two attached hydrogens (primary N) is 1. The number of carbonyl (C=O) groups is 1. The number of nitrogens with zero attached hydrogens (tertiary/aromatic N) is 1. The third kappa shape index (κ3) is 2.51. The monoisotopic (exact) mass is 217 g/mol. The van der Waals surface area contributed by atoms with E-state index in [4.69, 9.17) is 11.0 Å². The number of nitriles is 1. The minimum Gasteiger partial charge on any atom is -0.398 e. The molecule has 1 amide bonds. The quantitative estimate of drug-likeness (QED) is 0.754. The fraction of sp³-hybridized carbons (Fsp3) is 0.333. The van der Waals surface area contributed by atoms with Gasteiger partial charge in [0.1, 0.15) is 0 Å². The summed E-state index contributed by atoms with van der Waals surface area (Å²) in [5, 5.41) is 11.6. The summed E-state index contributed by atoms with van der Waals surface area (Å²) in [6.07, 6.45) is 0.864. The fourth-order valence-corrected chi connectivity index (χ4v) is 1.38. The molecule has 0 radical (unpaired) electrons. The van der Waals surface area contributed by atoms with Crippen LogP contribution in [0.15, 0.2) is 12.1 Å². The van der Waals surface area contributed by atoms with Crippen molar-refractivity contribution < 1.29 is 4.79 Å². The van der Waals surface area contributed by atoms with Crippen molar-refractivity contribution in [2.24, 2.45) is 0 Å². The number of benzene rings is 1. The SMILES string of the molecule is CCCNC(=O)c1cc(C#N)cc(C)c1N. The first-order valence-electron chi connectivity index (χ1n) is 5.18. The number of hydrogen-bond donors (Lipinski definition) is 2. The lowest BCUT2D eigenvalue weighted by Gasteiger charge is -2.09. The van der Waals surface area contributed by atoms with Crippen molar-refractivity contribution in [2.45, 2.75) is 20.3 Å². The van der Waals surface area contributed by atoms with Crippen molar-refractivity contribution in [1.82, 2.24) is 5.32 Å². The second-order valence-electron chi connectivity index (χ2n) is 3.62. The average Bonchev–Trinajstić information content (AvgIpc) is 2.29. The summed E-state index contributed by atoms with van der Waals surface area (Å²) in [6.45, 7) is 4.36. The smallest absolute Gasteiger partial charge is 0.253 e. The summed E-state index contributed by atoms with van der Waals surface area (Å²) >= 11 is 0. The molecule has 0 aliphatic rings. The summed E-state index contributed by atoms with van der Waals surface area (Å²) in [4.78, 5) is 11.7. The number of nitrogen functional groups attached to an aromatic ring is 1. The molecule has 0 atom stereocenters. The molecule has 0 bridgehead atoms. The Bertz CT molecular complexity index is 446. The zero-order chi connectivity index (χ0) is 12.1. The van der Waals surface area contributed by atoms with Crippen molar-refractivity contribution in [3.63, 3.8) is 0 Å². The molecule has 84 valence electrons. The lowest BCUT2D eigenvalue weighted by Crippen LogP contribution is -2.25. The van der Waals surface area contributed by atoms with E-state index in [0.29, 0.717) is 23.4 Å². The molecule has 3 N–H and O–H groups in total. The normalized spacial score (nSPS) is 9.56. The molecule has 0 heterocycles. The van der Waals surface area contributed by atoms with Crippen LogP contribution >= 0.6 is 0 Å². The van der Waals surface area contributed by atoms with Gasteiger partial charge < -0.3 is 11.1 Å². The molecule has 1 rings (SSSR count). The van der Waals surface area contributed by atoms with Crippen LogP contribution in [0.4, 0.5) is 5.69 Å². The third-order valence-electron chi connectivity index (χ3n) is 2.30. The highest BCUT2D eigenvalue weighted by atomic mass is 16.1. The van der Waals surface area contributed by atoms with E-state index >= 15 is 0 Å². The van der Waals surface area contributed by atoms with Crippen LogP contribution in [0.25, 0.3) is 0 Å². The zero-order valence-corrected chi connectivity index (χ0v) is 9.50. The van der Waals surface area contributed by atoms with Crippen molar-refractivity contribution >= 4 is 11.6 Å². The minimum atomic E-state index is -0.223. The van der Waals surface area contributed by atoms with E-state index < -0.39 is 0 Å². The molecule has 1 aromatic carbocycles. The molecule has 0 aliphatic heterocycles. The number of nitrogens with one attached hydrogen (secondary N) is 1. The first-order valence-corrected chi connectivity index (χ1v) is 5.18. The average molecular weight is 217 g/mol. The molecule has 4 nitrogen and oxygen atoms in total. The molecule has 4 heteroatoms. The van der Waals surface area contributed by atoms with Gasteiger partial charge in [-0.2, -0.15) is 5.26 Å². The van der Waals surface area contributed by atoms with Gasteiger partial charge in [0.15, 0.2) is 0 Å². The third-order valence-corrected chi connectivity index (χ3v) is 2.30. The Kier molecular flexibility index (Phi) is 3.90. The molecule has 0 aliphatic carbocycles. The van der Waals surface area contributed by atoms with E-state index in [1.807, 2.05) is 13.0 Å². The van der Waals surface area contributed by atoms with Crippen LogP contribution in [0.3, 0.4) is 0 Å². The van der Waals surface area contributed by atoms with Crippen LogP contribution in [0.5, 0.6) is 0 Å². The first kappa shape index (κ1) is 12.1.